The van der Waals surface area contributed by atoms with Gasteiger partial charge in [-0.25, -0.2) is 17.9 Å². The minimum Gasteiger partial charge on any atom is -0.465 e. The number of sulfonamides is 1. The Morgan fingerprint density at radius 3 is 2.38 bits per heavy atom. The lowest BCUT2D eigenvalue weighted by molar-refractivity contribution is 0.0600. The molecule has 6 nitrogen and oxygen atoms in total. The first-order valence-electron chi connectivity index (χ1n) is 9.57. The minimum atomic E-state index is -3.85. The van der Waals surface area contributed by atoms with Gasteiger partial charge < -0.3 is 9.64 Å². The van der Waals surface area contributed by atoms with Gasteiger partial charge in [0, 0.05) is 24.8 Å². The number of piperidine rings is 1. The van der Waals surface area contributed by atoms with Crippen molar-refractivity contribution in [2.75, 3.05) is 25.1 Å². The average Bonchev–Trinajstić information content (AvgIpc) is 2.73. The Kier molecular flexibility index (Phi) is 6.82. The summed E-state index contributed by atoms with van der Waals surface area (Å²) < 4.78 is 32.9. The van der Waals surface area contributed by atoms with Crippen molar-refractivity contribution in [3.63, 3.8) is 0 Å². The van der Waals surface area contributed by atoms with Gasteiger partial charge in [0.1, 0.15) is 0 Å². The number of halogens is 1. The third-order valence-corrected chi connectivity index (χ3v) is 6.97. The van der Waals surface area contributed by atoms with Gasteiger partial charge in [-0.3, -0.25) is 0 Å². The quantitative estimate of drug-likeness (QED) is 0.688. The maximum Gasteiger partial charge on any atom is 0.339 e. The summed E-state index contributed by atoms with van der Waals surface area (Å²) in [4.78, 5) is 14.1. The molecular weight excluding hydrogens is 412 g/mol. The zero-order valence-electron chi connectivity index (χ0n) is 16.5. The number of esters is 1. The van der Waals surface area contributed by atoms with Crippen molar-refractivity contribution in [3.05, 3.63) is 58.6 Å². The molecule has 156 valence electrons. The Morgan fingerprint density at radius 1 is 1.10 bits per heavy atom. The van der Waals surface area contributed by atoms with Crippen LogP contribution in [0.2, 0.25) is 5.02 Å². The molecule has 0 bridgehead atoms. The van der Waals surface area contributed by atoms with Gasteiger partial charge in [-0.15, -0.1) is 0 Å². The summed E-state index contributed by atoms with van der Waals surface area (Å²) in [5.41, 5.74) is 2.02. The number of benzene rings is 2. The Bertz CT molecular complexity index is 971. The van der Waals surface area contributed by atoms with Crippen LogP contribution in [0.25, 0.3) is 0 Å². The predicted octanol–water partition coefficient (Wildman–Crippen LogP) is 4.16. The van der Waals surface area contributed by atoms with E-state index in [0.717, 1.165) is 24.3 Å². The van der Waals surface area contributed by atoms with Gasteiger partial charge in [-0.1, -0.05) is 23.7 Å². The number of anilines is 1. The Balaban J connectivity index is 1.75. The number of nitrogens with zero attached hydrogens (tertiary/aromatic N) is 1. The van der Waals surface area contributed by atoms with Crippen LogP contribution in [0.5, 0.6) is 0 Å². The highest BCUT2D eigenvalue weighted by atomic mass is 35.5. The topological polar surface area (TPSA) is 75.7 Å². The van der Waals surface area contributed by atoms with Gasteiger partial charge in [0.2, 0.25) is 10.0 Å². The summed E-state index contributed by atoms with van der Waals surface area (Å²) in [5.74, 6) is -0.687. The van der Waals surface area contributed by atoms with E-state index in [9.17, 15) is 13.2 Å². The largest absolute Gasteiger partial charge is 0.465 e. The standard InChI is InChI=1S/C21H25ClN2O4S/c1-15(16-6-8-17(9-7-16)24-12-4-3-5-13-24)23-29(26,27)18-10-11-20(22)19(14-18)21(25)28-2/h6-11,14-15,23H,3-5,12-13H2,1-2H3/t15-/m1/s1. The van der Waals surface area contributed by atoms with Crippen LogP contribution in [0.3, 0.4) is 0 Å². The maximum atomic E-state index is 12.8. The van der Waals surface area contributed by atoms with E-state index in [4.69, 9.17) is 11.6 Å². The number of carbonyl (C=O) groups is 1. The lowest BCUT2D eigenvalue weighted by Gasteiger charge is -2.29. The molecule has 1 aliphatic rings. The molecule has 2 aromatic carbocycles. The first-order valence-corrected chi connectivity index (χ1v) is 11.4. The molecule has 29 heavy (non-hydrogen) atoms. The predicted molar refractivity (Wildman–Crippen MR) is 114 cm³/mol. The fraction of sp³-hybridized carbons (Fsp3) is 0.381. The van der Waals surface area contributed by atoms with Crippen molar-refractivity contribution in [1.29, 1.82) is 0 Å². The molecule has 2 aromatic rings. The van der Waals surface area contributed by atoms with Crippen LogP contribution in [-0.4, -0.2) is 34.6 Å². The zero-order chi connectivity index (χ0) is 21.0. The van der Waals surface area contributed by atoms with Crippen LogP contribution in [0.15, 0.2) is 47.4 Å². The molecule has 1 fully saturated rings. The number of rotatable bonds is 6. The van der Waals surface area contributed by atoms with E-state index in [1.54, 1.807) is 6.92 Å². The molecule has 0 unspecified atom stereocenters. The molecule has 1 N–H and O–H groups in total. The zero-order valence-corrected chi connectivity index (χ0v) is 18.1. The summed E-state index contributed by atoms with van der Waals surface area (Å²) in [6.45, 7) is 3.89. The van der Waals surface area contributed by atoms with Crippen LogP contribution in [-0.2, 0) is 14.8 Å². The fourth-order valence-electron chi connectivity index (χ4n) is 3.43. The molecule has 3 rings (SSSR count). The lowest BCUT2D eigenvalue weighted by Crippen LogP contribution is -2.29. The lowest BCUT2D eigenvalue weighted by atomic mass is 10.1. The third-order valence-electron chi connectivity index (χ3n) is 5.10. The number of hydrogen-bond acceptors (Lipinski definition) is 5. The maximum absolute atomic E-state index is 12.8. The van der Waals surface area contributed by atoms with Crippen molar-refractivity contribution >= 4 is 33.3 Å². The molecule has 0 aromatic heterocycles. The smallest absolute Gasteiger partial charge is 0.339 e. The van der Waals surface area contributed by atoms with Gasteiger partial charge in [-0.05, 0) is 62.1 Å². The molecule has 0 amide bonds. The molecule has 1 atom stereocenters. The molecule has 1 saturated heterocycles. The van der Waals surface area contributed by atoms with Gasteiger partial charge in [0.15, 0.2) is 0 Å². The van der Waals surface area contributed by atoms with Crippen molar-refractivity contribution in [2.45, 2.75) is 37.1 Å². The third kappa shape index (κ3) is 5.10. The second-order valence-corrected chi connectivity index (χ2v) is 9.24. The van der Waals surface area contributed by atoms with Crippen molar-refractivity contribution < 1.29 is 17.9 Å². The van der Waals surface area contributed by atoms with Crippen LogP contribution in [0, 0.1) is 0 Å². The molecule has 0 aliphatic carbocycles. The molecule has 0 radical (unpaired) electrons. The van der Waals surface area contributed by atoms with Crippen LogP contribution in [0.1, 0.15) is 48.1 Å². The van der Waals surface area contributed by atoms with Crippen molar-refractivity contribution in [3.8, 4) is 0 Å². The van der Waals surface area contributed by atoms with Gasteiger partial charge >= 0.3 is 5.97 Å². The van der Waals surface area contributed by atoms with Crippen molar-refractivity contribution in [1.82, 2.24) is 4.72 Å². The van der Waals surface area contributed by atoms with E-state index in [2.05, 4.69) is 14.4 Å². The normalized spacial score (nSPS) is 15.8. The molecule has 8 heteroatoms. The first-order chi connectivity index (χ1) is 13.8. The highest BCUT2D eigenvalue weighted by molar-refractivity contribution is 7.89. The summed E-state index contributed by atoms with van der Waals surface area (Å²) >= 11 is 5.98. The fourth-order valence-corrected chi connectivity index (χ4v) is 4.89. The number of carbonyl (C=O) groups excluding carboxylic acids is 1. The second kappa shape index (κ2) is 9.15. The number of ether oxygens (including phenoxy) is 1. The Morgan fingerprint density at radius 2 is 1.76 bits per heavy atom. The van der Waals surface area contributed by atoms with Crippen LogP contribution in [0.4, 0.5) is 5.69 Å². The molecule has 0 spiro atoms. The summed E-state index contributed by atoms with van der Waals surface area (Å²) in [5, 5.41) is 0.136. The molecular formula is C21H25ClN2O4S. The van der Waals surface area contributed by atoms with Gasteiger partial charge in [-0.2, -0.15) is 0 Å². The number of hydrogen-bond donors (Lipinski definition) is 1. The Labute approximate surface area is 176 Å². The Hall–Kier alpha value is -2.09. The van der Waals surface area contributed by atoms with Gasteiger partial charge in [0.05, 0.1) is 22.6 Å². The van der Waals surface area contributed by atoms with E-state index in [1.807, 2.05) is 24.3 Å². The van der Waals surface area contributed by atoms with E-state index in [1.165, 1.54) is 44.6 Å². The molecule has 1 heterocycles. The average molecular weight is 437 g/mol. The minimum absolute atomic E-state index is 0.00980. The van der Waals surface area contributed by atoms with E-state index < -0.39 is 22.0 Å². The van der Waals surface area contributed by atoms with Crippen LogP contribution < -0.4 is 9.62 Å². The van der Waals surface area contributed by atoms with Crippen molar-refractivity contribution in [2.24, 2.45) is 0 Å². The summed E-state index contributed by atoms with van der Waals surface area (Å²) in [6, 6.07) is 11.5. The highest BCUT2D eigenvalue weighted by Gasteiger charge is 2.22. The van der Waals surface area contributed by atoms with Crippen LogP contribution >= 0.6 is 11.6 Å². The van der Waals surface area contributed by atoms with E-state index >= 15 is 0 Å². The summed E-state index contributed by atoms with van der Waals surface area (Å²) in [6.07, 6.45) is 3.68. The SMILES string of the molecule is COC(=O)c1cc(S(=O)(=O)N[C@H](C)c2ccc(N3CCCCC3)cc2)ccc1Cl. The van der Waals surface area contributed by atoms with Gasteiger partial charge in [0.25, 0.3) is 0 Å². The summed E-state index contributed by atoms with van der Waals surface area (Å²) in [7, 11) is -2.63. The highest BCUT2D eigenvalue weighted by Crippen LogP contribution is 2.25. The molecule has 1 aliphatic heterocycles. The number of methoxy groups -OCH3 is 1. The number of nitrogens with one attached hydrogen (secondary N) is 1. The first kappa shape index (κ1) is 21.6. The molecule has 0 saturated carbocycles. The van der Waals surface area contributed by atoms with E-state index in [0.29, 0.717) is 0 Å². The second-order valence-electron chi connectivity index (χ2n) is 7.12. The monoisotopic (exact) mass is 436 g/mol. The van der Waals surface area contributed by atoms with E-state index in [-0.39, 0.29) is 15.5 Å².